The summed E-state index contributed by atoms with van der Waals surface area (Å²) < 4.78 is 5.88. The Bertz CT molecular complexity index is 2010. The number of carbonyl (C=O) groups is 3. The van der Waals surface area contributed by atoms with Crippen molar-refractivity contribution in [2.24, 2.45) is 5.73 Å². The van der Waals surface area contributed by atoms with E-state index in [4.69, 9.17) is 33.7 Å². The van der Waals surface area contributed by atoms with Gasteiger partial charge in [0.2, 0.25) is 11.8 Å². The highest BCUT2D eigenvalue weighted by Crippen LogP contribution is 2.26. The van der Waals surface area contributed by atoms with E-state index >= 15 is 0 Å². The maximum absolute atomic E-state index is 14.5. The van der Waals surface area contributed by atoms with E-state index in [9.17, 15) is 14.4 Å². The third-order valence-electron chi connectivity index (χ3n) is 9.42. The molecule has 1 unspecified atom stereocenters. The lowest BCUT2D eigenvalue weighted by molar-refractivity contribution is -0.152. The first-order valence-corrected chi connectivity index (χ1v) is 18.4. The van der Waals surface area contributed by atoms with Crippen molar-refractivity contribution in [2.45, 2.75) is 44.2 Å². The number of ether oxygens (including phenoxy) is 1. The number of piperazine rings is 1. The number of nitrogens with one attached hydrogen (secondary N) is 1. The molecule has 0 bridgehead atoms. The van der Waals surface area contributed by atoms with Crippen molar-refractivity contribution in [1.29, 1.82) is 0 Å². The fourth-order valence-electron chi connectivity index (χ4n) is 6.59. The molecule has 52 heavy (non-hydrogen) atoms. The molecule has 0 spiro atoms. The Labute approximate surface area is 314 Å². The Hall–Kier alpha value is -4.89. The summed E-state index contributed by atoms with van der Waals surface area (Å²) in [5.41, 5.74) is 7.97. The number of nitrogens with two attached hydrogens (primary N) is 1. The lowest BCUT2D eigenvalue weighted by Gasteiger charge is -2.42. The molecule has 8 nitrogen and oxygen atoms in total. The Morgan fingerprint density at radius 1 is 0.827 bits per heavy atom. The minimum absolute atomic E-state index is 0.0963. The molecule has 0 saturated carbocycles. The quantitative estimate of drug-likeness (QED) is 0.114. The van der Waals surface area contributed by atoms with Crippen molar-refractivity contribution >= 4 is 51.7 Å². The van der Waals surface area contributed by atoms with Crippen LogP contribution in [0.5, 0.6) is 11.5 Å². The molecule has 10 heteroatoms. The van der Waals surface area contributed by atoms with Crippen LogP contribution in [0, 0.1) is 0 Å². The van der Waals surface area contributed by atoms with Crippen molar-refractivity contribution < 1.29 is 19.1 Å². The minimum Gasteiger partial charge on any atom is -0.457 e. The average molecular weight is 738 g/mol. The van der Waals surface area contributed by atoms with Gasteiger partial charge in [-0.3, -0.25) is 14.4 Å². The third-order valence-corrected chi connectivity index (χ3v) is 10.0. The zero-order chi connectivity index (χ0) is 36.5. The SMILES string of the molecule is NCCCCC1C(=O)N(CCc2ccc3ccccc3c2)CCN1C(=O)[C@@H](Cc1ccc(Cl)cc1Cl)NC(=O)c1ccc(Oc2ccccc2)cc1. The van der Waals surface area contributed by atoms with Crippen LogP contribution in [0.25, 0.3) is 10.8 Å². The molecule has 5 aromatic rings. The molecule has 1 aliphatic heterocycles. The molecular weight excluding hydrogens is 695 g/mol. The van der Waals surface area contributed by atoms with E-state index < -0.39 is 18.0 Å². The standard InChI is InChI=1S/C42H42Cl2N4O4/c43-34-18-15-33(37(44)28-34)27-38(46-40(49)31-16-19-36(20-17-31)52-35-10-2-1-3-11-35)41(50)48-25-24-47(42(51)39(48)12-6-7-22-45)23-21-29-13-14-30-8-4-5-9-32(30)26-29/h1-5,8-11,13-20,26,28,38-39H,6-7,12,21-25,27,45H2,(H,46,49)/t38-,39?/m1/s1. The highest BCUT2D eigenvalue weighted by molar-refractivity contribution is 6.35. The van der Waals surface area contributed by atoms with E-state index in [2.05, 4.69) is 35.6 Å². The minimum atomic E-state index is -1.000. The van der Waals surface area contributed by atoms with Gasteiger partial charge in [0.1, 0.15) is 23.6 Å². The monoisotopic (exact) mass is 736 g/mol. The van der Waals surface area contributed by atoms with Gasteiger partial charge in [0.15, 0.2) is 0 Å². The number of benzene rings is 5. The van der Waals surface area contributed by atoms with Crippen LogP contribution in [0.4, 0.5) is 0 Å². The largest absolute Gasteiger partial charge is 0.457 e. The van der Waals surface area contributed by atoms with Crippen LogP contribution < -0.4 is 15.8 Å². The zero-order valence-electron chi connectivity index (χ0n) is 28.8. The summed E-state index contributed by atoms with van der Waals surface area (Å²) in [5.74, 6) is 0.370. The molecule has 3 N–H and O–H groups in total. The lowest BCUT2D eigenvalue weighted by Crippen LogP contribution is -2.62. The number of carbonyl (C=O) groups excluding carboxylic acids is 3. The molecule has 268 valence electrons. The first-order valence-electron chi connectivity index (χ1n) is 17.6. The smallest absolute Gasteiger partial charge is 0.251 e. The molecular formula is C42H42Cl2N4O4. The number of hydrogen-bond acceptors (Lipinski definition) is 5. The number of rotatable bonds is 14. The van der Waals surface area contributed by atoms with Gasteiger partial charge in [-0.05, 0) is 103 Å². The van der Waals surface area contributed by atoms with Crippen LogP contribution in [0.15, 0.2) is 115 Å². The number of unbranched alkanes of at least 4 members (excludes halogenated alkanes) is 1. The van der Waals surface area contributed by atoms with Gasteiger partial charge in [0, 0.05) is 41.7 Å². The average Bonchev–Trinajstić information content (AvgIpc) is 3.16. The van der Waals surface area contributed by atoms with E-state index in [1.54, 1.807) is 47.4 Å². The van der Waals surface area contributed by atoms with Gasteiger partial charge in [-0.25, -0.2) is 0 Å². The number of amides is 3. The first kappa shape index (κ1) is 36.9. The maximum Gasteiger partial charge on any atom is 0.251 e. The van der Waals surface area contributed by atoms with Crippen molar-refractivity contribution in [3.63, 3.8) is 0 Å². The lowest BCUT2D eigenvalue weighted by atomic mass is 9.99. The van der Waals surface area contributed by atoms with Crippen LogP contribution >= 0.6 is 23.2 Å². The third kappa shape index (κ3) is 9.31. The van der Waals surface area contributed by atoms with Gasteiger partial charge in [0.25, 0.3) is 5.91 Å². The fourth-order valence-corrected chi connectivity index (χ4v) is 7.08. The summed E-state index contributed by atoms with van der Waals surface area (Å²) in [4.78, 5) is 45.8. The van der Waals surface area contributed by atoms with Gasteiger partial charge in [-0.15, -0.1) is 0 Å². The summed E-state index contributed by atoms with van der Waals surface area (Å²) in [5, 5.41) is 6.13. The Morgan fingerprint density at radius 3 is 2.31 bits per heavy atom. The Morgan fingerprint density at radius 2 is 1.56 bits per heavy atom. The molecule has 0 radical (unpaired) electrons. The van der Waals surface area contributed by atoms with Gasteiger partial charge >= 0.3 is 0 Å². The molecule has 2 atom stereocenters. The summed E-state index contributed by atoms with van der Waals surface area (Å²) in [6, 6.07) is 34.0. The van der Waals surface area contributed by atoms with E-state index in [1.807, 2.05) is 47.4 Å². The molecule has 0 aliphatic carbocycles. The van der Waals surface area contributed by atoms with Gasteiger partial charge in [-0.2, -0.15) is 0 Å². The zero-order valence-corrected chi connectivity index (χ0v) is 30.4. The molecule has 1 aliphatic rings. The predicted molar refractivity (Wildman–Crippen MR) is 207 cm³/mol. The summed E-state index contributed by atoms with van der Waals surface area (Å²) in [6.45, 7) is 1.75. The van der Waals surface area contributed by atoms with Crippen LogP contribution in [0.2, 0.25) is 10.0 Å². The van der Waals surface area contributed by atoms with Crippen molar-refractivity contribution in [2.75, 3.05) is 26.2 Å². The van der Waals surface area contributed by atoms with Crippen LogP contribution in [0.3, 0.4) is 0 Å². The second kappa shape index (κ2) is 17.6. The molecule has 1 heterocycles. The summed E-state index contributed by atoms with van der Waals surface area (Å²) in [6.07, 6.45) is 2.70. The Balaban J connectivity index is 1.20. The molecule has 1 saturated heterocycles. The molecule has 0 aromatic heterocycles. The maximum atomic E-state index is 14.5. The number of nitrogens with zero attached hydrogens (tertiary/aromatic N) is 2. The van der Waals surface area contributed by atoms with Crippen molar-refractivity contribution in [3.05, 3.63) is 142 Å². The molecule has 1 fully saturated rings. The number of halogens is 2. The van der Waals surface area contributed by atoms with Crippen LogP contribution in [-0.2, 0) is 22.4 Å². The number of hydrogen-bond donors (Lipinski definition) is 2. The highest BCUT2D eigenvalue weighted by Gasteiger charge is 2.39. The van der Waals surface area contributed by atoms with E-state index in [0.29, 0.717) is 78.1 Å². The number of para-hydroxylation sites is 1. The number of fused-ring (bicyclic) bond motifs is 1. The van der Waals surface area contributed by atoms with E-state index in [0.717, 1.165) is 17.4 Å². The van der Waals surface area contributed by atoms with E-state index in [1.165, 1.54) is 5.39 Å². The first-order chi connectivity index (χ1) is 25.3. The topological polar surface area (TPSA) is 105 Å². The Kier molecular flexibility index (Phi) is 12.5. The highest BCUT2D eigenvalue weighted by atomic mass is 35.5. The van der Waals surface area contributed by atoms with Crippen molar-refractivity contribution in [3.8, 4) is 11.5 Å². The second-order valence-corrected chi connectivity index (χ2v) is 13.8. The summed E-state index contributed by atoms with van der Waals surface area (Å²) in [7, 11) is 0. The van der Waals surface area contributed by atoms with Gasteiger partial charge < -0.3 is 25.6 Å². The van der Waals surface area contributed by atoms with Crippen LogP contribution in [0.1, 0.15) is 40.7 Å². The predicted octanol–water partition coefficient (Wildman–Crippen LogP) is 7.69. The van der Waals surface area contributed by atoms with Gasteiger partial charge in [-0.1, -0.05) is 89.9 Å². The molecule has 5 aromatic carbocycles. The van der Waals surface area contributed by atoms with Gasteiger partial charge in [0.05, 0.1) is 0 Å². The summed E-state index contributed by atoms with van der Waals surface area (Å²) >= 11 is 12.7. The fraction of sp³-hybridized carbons (Fsp3) is 0.262. The van der Waals surface area contributed by atoms with E-state index in [-0.39, 0.29) is 18.2 Å². The molecule has 6 rings (SSSR count). The van der Waals surface area contributed by atoms with Crippen molar-refractivity contribution in [1.82, 2.24) is 15.1 Å². The normalized spacial score (nSPS) is 15.1. The van der Waals surface area contributed by atoms with Crippen LogP contribution in [-0.4, -0.2) is 65.8 Å². The second-order valence-electron chi connectivity index (χ2n) is 13.0. The molecule has 3 amide bonds.